The third kappa shape index (κ3) is 4.33. The van der Waals surface area contributed by atoms with Gasteiger partial charge in [-0.05, 0) is 29.7 Å². The number of hydrogen-bond acceptors (Lipinski definition) is 7. The van der Waals surface area contributed by atoms with Gasteiger partial charge in [0.2, 0.25) is 5.95 Å². The summed E-state index contributed by atoms with van der Waals surface area (Å²) < 4.78 is 67.3. The largest absolute Gasteiger partial charge is 0.434 e. The number of halogens is 3. The first-order valence-electron chi connectivity index (χ1n) is 10.7. The summed E-state index contributed by atoms with van der Waals surface area (Å²) >= 11 is 0. The zero-order valence-electron chi connectivity index (χ0n) is 19.2. The number of aromatic nitrogens is 3. The standard InChI is InChI=1S/C22H24F3N5O4S/c1-11(2)18-16-7-12-6-13(10-31)17(35(3,33)34)8-15(12)29(16)4-5-30(18)21-27-9-14(20(26)32)19(28-21)22(23,24)25/h6-9,11,18,31H,4-5,10H2,1-3H3,(H2,26,32). The van der Waals surface area contributed by atoms with Crippen LogP contribution in [0.25, 0.3) is 10.9 Å². The molecular formula is C22H24F3N5O4S. The van der Waals surface area contributed by atoms with Gasteiger partial charge in [0.25, 0.3) is 5.91 Å². The lowest BCUT2D eigenvalue weighted by molar-refractivity contribution is -0.141. The minimum absolute atomic E-state index is 0.0251. The fourth-order valence-corrected chi connectivity index (χ4v) is 5.59. The number of aliphatic hydroxyl groups is 1. The lowest BCUT2D eigenvalue weighted by Gasteiger charge is -2.39. The molecule has 0 saturated carbocycles. The number of carbonyl (C=O) groups excluding carboxylic acids is 1. The number of rotatable bonds is 5. The Morgan fingerprint density at radius 2 is 1.94 bits per heavy atom. The molecule has 3 N–H and O–H groups in total. The van der Waals surface area contributed by atoms with Gasteiger partial charge >= 0.3 is 6.18 Å². The monoisotopic (exact) mass is 511 g/mol. The summed E-state index contributed by atoms with van der Waals surface area (Å²) in [6, 6.07) is 4.52. The van der Waals surface area contributed by atoms with Crippen molar-refractivity contribution in [3.63, 3.8) is 0 Å². The van der Waals surface area contributed by atoms with Crippen molar-refractivity contribution in [1.82, 2.24) is 14.5 Å². The van der Waals surface area contributed by atoms with E-state index in [1.54, 1.807) is 11.0 Å². The molecule has 1 aliphatic heterocycles. The number of benzene rings is 1. The predicted molar refractivity (Wildman–Crippen MR) is 121 cm³/mol. The number of fused-ring (bicyclic) bond motifs is 3. The average molecular weight is 512 g/mol. The Balaban J connectivity index is 1.88. The first kappa shape index (κ1) is 24.9. The Bertz CT molecular complexity index is 1430. The maximum absolute atomic E-state index is 13.6. The van der Waals surface area contributed by atoms with E-state index in [0.717, 1.165) is 18.1 Å². The molecule has 1 unspecified atom stereocenters. The van der Waals surface area contributed by atoms with Crippen LogP contribution in [-0.4, -0.2) is 46.8 Å². The van der Waals surface area contributed by atoms with E-state index < -0.39 is 45.8 Å². The molecule has 35 heavy (non-hydrogen) atoms. The number of carbonyl (C=O) groups is 1. The first-order valence-corrected chi connectivity index (χ1v) is 12.6. The van der Waals surface area contributed by atoms with Crippen molar-refractivity contribution < 1.29 is 31.5 Å². The van der Waals surface area contributed by atoms with Gasteiger partial charge < -0.3 is 20.3 Å². The van der Waals surface area contributed by atoms with Crippen molar-refractivity contribution in [2.45, 2.75) is 44.1 Å². The highest BCUT2D eigenvalue weighted by molar-refractivity contribution is 7.90. The maximum atomic E-state index is 13.6. The van der Waals surface area contributed by atoms with E-state index in [-0.39, 0.29) is 28.9 Å². The van der Waals surface area contributed by atoms with E-state index in [1.807, 2.05) is 24.5 Å². The predicted octanol–water partition coefficient (Wildman–Crippen LogP) is 2.66. The van der Waals surface area contributed by atoms with Gasteiger partial charge in [-0.3, -0.25) is 4.79 Å². The molecule has 1 atom stereocenters. The molecule has 1 aromatic carbocycles. The first-order chi connectivity index (χ1) is 16.2. The number of sulfone groups is 1. The fraction of sp³-hybridized carbons (Fsp3) is 0.409. The number of alkyl halides is 3. The quantitative estimate of drug-likeness (QED) is 0.538. The van der Waals surface area contributed by atoms with Gasteiger partial charge in [-0.15, -0.1) is 0 Å². The van der Waals surface area contributed by atoms with Crippen LogP contribution >= 0.6 is 0 Å². The van der Waals surface area contributed by atoms with Crippen LogP contribution in [0.1, 0.15) is 47.2 Å². The van der Waals surface area contributed by atoms with E-state index in [9.17, 15) is 31.5 Å². The Morgan fingerprint density at radius 3 is 2.49 bits per heavy atom. The molecule has 13 heteroatoms. The van der Waals surface area contributed by atoms with Crippen LogP contribution in [0.3, 0.4) is 0 Å². The van der Waals surface area contributed by atoms with E-state index in [1.165, 1.54) is 6.07 Å². The normalized spacial score (nSPS) is 16.7. The third-order valence-corrected chi connectivity index (χ3v) is 7.27. The molecule has 2 aromatic heterocycles. The Hall–Kier alpha value is -3.19. The number of hydrogen-bond donors (Lipinski definition) is 2. The fourth-order valence-electron chi connectivity index (χ4n) is 4.66. The smallest absolute Gasteiger partial charge is 0.392 e. The lowest BCUT2D eigenvalue weighted by atomic mass is 9.97. The number of aliphatic hydroxyl groups excluding tert-OH is 1. The molecule has 0 spiro atoms. The number of amides is 1. The molecule has 9 nitrogen and oxygen atoms in total. The third-order valence-electron chi connectivity index (χ3n) is 6.09. The number of nitrogens with two attached hydrogens (primary N) is 1. The average Bonchev–Trinajstić information content (AvgIpc) is 3.13. The minimum atomic E-state index is -4.90. The Morgan fingerprint density at radius 1 is 1.26 bits per heavy atom. The molecule has 0 saturated heterocycles. The van der Waals surface area contributed by atoms with Crippen molar-refractivity contribution >= 4 is 32.6 Å². The van der Waals surface area contributed by atoms with Gasteiger partial charge in [-0.25, -0.2) is 18.4 Å². The van der Waals surface area contributed by atoms with Gasteiger partial charge in [-0.2, -0.15) is 13.2 Å². The van der Waals surface area contributed by atoms with Crippen LogP contribution in [0.4, 0.5) is 19.1 Å². The van der Waals surface area contributed by atoms with Crippen molar-refractivity contribution in [2.24, 2.45) is 11.7 Å². The van der Waals surface area contributed by atoms with Gasteiger partial charge in [-0.1, -0.05) is 13.8 Å². The number of anilines is 1. The number of nitrogens with zero attached hydrogens (tertiary/aromatic N) is 4. The highest BCUT2D eigenvalue weighted by atomic mass is 32.2. The maximum Gasteiger partial charge on any atom is 0.434 e. The van der Waals surface area contributed by atoms with Crippen LogP contribution in [0.2, 0.25) is 0 Å². The SMILES string of the molecule is CC(C)C1c2cc3cc(CO)c(S(C)(=O)=O)cc3n2CCN1c1ncc(C(N)=O)c(C(F)(F)F)n1. The summed E-state index contributed by atoms with van der Waals surface area (Å²) in [6.45, 7) is 3.90. The molecule has 188 valence electrons. The summed E-state index contributed by atoms with van der Waals surface area (Å²) in [6.07, 6.45) is -3.04. The summed E-state index contributed by atoms with van der Waals surface area (Å²) in [5.74, 6) is -1.56. The summed E-state index contributed by atoms with van der Waals surface area (Å²) in [4.78, 5) is 20.9. The molecule has 1 amide bonds. The number of primary amides is 1. The molecule has 4 rings (SSSR count). The van der Waals surface area contributed by atoms with E-state index in [0.29, 0.717) is 17.4 Å². The summed E-state index contributed by atoms with van der Waals surface area (Å²) in [7, 11) is -3.60. The van der Waals surface area contributed by atoms with E-state index >= 15 is 0 Å². The second-order valence-electron chi connectivity index (χ2n) is 8.85. The Labute approximate surface area is 199 Å². The van der Waals surface area contributed by atoms with Crippen molar-refractivity contribution in [2.75, 3.05) is 17.7 Å². The minimum Gasteiger partial charge on any atom is -0.392 e. The highest BCUT2D eigenvalue weighted by Gasteiger charge is 2.40. The molecular weight excluding hydrogens is 487 g/mol. The van der Waals surface area contributed by atoms with Crippen LogP contribution < -0.4 is 10.6 Å². The highest BCUT2D eigenvalue weighted by Crippen LogP contribution is 2.40. The van der Waals surface area contributed by atoms with Crippen LogP contribution in [0.15, 0.2) is 29.3 Å². The lowest BCUT2D eigenvalue weighted by Crippen LogP contribution is -2.41. The van der Waals surface area contributed by atoms with Gasteiger partial charge in [0.15, 0.2) is 15.5 Å². The second kappa shape index (κ2) is 8.48. The van der Waals surface area contributed by atoms with Crippen molar-refractivity contribution in [1.29, 1.82) is 0 Å². The Kier molecular flexibility index (Phi) is 6.04. The zero-order chi connectivity index (χ0) is 25.9. The molecule has 0 fully saturated rings. The van der Waals surface area contributed by atoms with Crippen LogP contribution in [0, 0.1) is 5.92 Å². The van der Waals surface area contributed by atoms with Crippen LogP contribution in [0.5, 0.6) is 0 Å². The molecule has 0 bridgehead atoms. The second-order valence-corrected chi connectivity index (χ2v) is 10.8. The molecule has 0 aliphatic carbocycles. The van der Waals surface area contributed by atoms with Gasteiger partial charge in [0, 0.05) is 42.1 Å². The molecule has 1 aliphatic rings. The summed E-state index contributed by atoms with van der Waals surface area (Å²) in [5.41, 5.74) is 4.54. The van der Waals surface area contributed by atoms with Crippen molar-refractivity contribution in [3.8, 4) is 0 Å². The summed E-state index contributed by atoms with van der Waals surface area (Å²) in [5, 5.41) is 10.4. The topological polar surface area (TPSA) is 131 Å². The molecule has 3 heterocycles. The van der Waals surface area contributed by atoms with E-state index in [4.69, 9.17) is 5.73 Å². The van der Waals surface area contributed by atoms with Gasteiger partial charge in [0.1, 0.15) is 0 Å². The zero-order valence-corrected chi connectivity index (χ0v) is 20.0. The molecule has 3 aromatic rings. The van der Waals surface area contributed by atoms with Crippen molar-refractivity contribution in [3.05, 3.63) is 46.9 Å². The van der Waals surface area contributed by atoms with Gasteiger partial charge in [0.05, 0.1) is 23.1 Å². The van der Waals surface area contributed by atoms with Crippen LogP contribution in [-0.2, 0) is 29.2 Å². The van der Waals surface area contributed by atoms with E-state index in [2.05, 4.69) is 9.97 Å². The molecule has 0 radical (unpaired) electrons.